The van der Waals surface area contributed by atoms with Gasteiger partial charge in [0.15, 0.2) is 0 Å². The summed E-state index contributed by atoms with van der Waals surface area (Å²) in [6.45, 7) is 5.30. The van der Waals surface area contributed by atoms with E-state index < -0.39 is 0 Å². The second-order valence-corrected chi connectivity index (χ2v) is 7.15. The molecule has 0 aliphatic carbocycles. The van der Waals surface area contributed by atoms with E-state index in [1.807, 2.05) is 18.2 Å². The van der Waals surface area contributed by atoms with E-state index in [-0.39, 0.29) is 11.8 Å². The van der Waals surface area contributed by atoms with Gasteiger partial charge in [0.05, 0.1) is 17.7 Å². The van der Waals surface area contributed by atoms with Crippen LogP contribution in [0.3, 0.4) is 0 Å². The third kappa shape index (κ3) is 4.01. The third-order valence-corrected chi connectivity index (χ3v) is 5.38. The summed E-state index contributed by atoms with van der Waals surface area (Å²) in [6, 6.07) is 10.7. The molecule has 146 valence electrons. The van der Waals surface area contributed by atoms with E-state index in [4.69, 9.17) is 27.9 Å². The maximum Gasteiger partial charge on any atom is 0.257 e. The van der Waals surface area contributed by atoms with Crippen LogP contribution in [0.4, 0.5) is 0 Å². The number of benzene rings is 2. The maximum absolute atomic E-state index is 13.2. The van der Waals surface area contributed by atoms with E-state index in [0.29, 0.717) is 53.1 Å². The normalized spacial score (nSPS) is 14.0. The number of rotatable bonds is 4. The summed E-state index contributed by atoms with van der Waals surface area (Å²) in [4.78, 5) is 28.3. The molecule has 0 unspecified atom stereocenters. The SMILES string of the molecule is C=CC(=O)N1CCN(C(=O)c2cc(-c3ccccc3Cl)c(Cl)cc2OC)CC1. The van der Waals surface area contributed by atoms with Gasteiger partial charge in [-0.2, -0.15) is 0 Å². The predicted octanol–water partition coefficient (Wildman–Crippen LogP) is 4.14. The largest absolute Gasteiger partial charge is 0.496 e. The zero-order valence-corrected chi connectivity index (χ0v) is 17.0. The van der Waals surface area contributed by atoms with Gasteiger partial charge in [-0.25, -0.2) is 0 Å². The number of ether oxygens (including phenoxy) is 1. The summed E-state index contributed by atoms with van der Waals surface area (Å²) in [7, 11) is 1.50. The van der Waals surface area contributed by atoms with Crippen LogP contribution in [0.2, 0.25) is 10.0 Å². The van der Waals surface area contributed by atoms with E-state index in [0.717, 1.165) is 5.56 Å². The smallest absolute Gasteiger partial charge is 0.257 e. The molecular weight excluding hydrogens is 399 g/mol. The molecule has 1 fully saturated rings. The highest BCUT2D eigenvalue weighted by Gasteiger charge is 2.26. The lowest BCUT2D eigenvalue weighted by Crippen LogP contribution is -2.50. The second kappa shape index (κ2) is 8.67. The van der Waals surface area contributed by atoms with Crippen LogP contribution in [0.15, 0.2) is 49.1 Å². The highest BCUT2D eigenvalue weighted by atomic mass is 35.5. The lowest BCUT2D eigenvalue weighted by atomic mass is 10.0. The first-order chi connectivity index (χ1) is 13.5. The number of piperazine rings is 1. The number of hydrogen-bond donors (Lipinski definition) is 0. The molecule has 3 rings (SSSR count). The Labute approximate surface area is 174 Å². The first-order valence-corrected chi connectivity index (χ1v) is 9.55. The van der Waals surface area contributed by atoms with Crippen molar-refractivity contribution in [2.45, 2.75) is 0 Å². The summed E-state index contributed by atoms with van der Waals surface area (Å²) < 4.78 is 5.39. The van der Waals surface area contributed by atoms with Crippen molar-refractivity contribution in [3.8, 4) is 16.9 Å². The molecule has 5 nitrogen and oxygen atoms in total. The summed E-state index contributed by atoms with van der Waals surface area (Å²) >= 11 is 12.7. The average Bonchev–Trinajstić information content (AvgIpc) is 2.73. The molecular formula is C21H20Cl2N2O3. The molecule has 2 amide bonds. The van der Waals surface area contributed by atoms with Gasteiger partial charge in [-0.3, -0.25) is 9.59 Å². The lowest BCUT2D eigenvalue weighted by molar-refractivity contribution is -0.127. The topological polar surface area (TPSA) is 49.9 Å². The molecule has 0 bridgehead atoms. The number of carbonyl (C=O) groups excluding carboxylic acids is 2. The Morgan fingerprint density at radius 3 is 2.25 bits per heavy atom. The summed E-state index contributed by atoms with van der Waals surface area (Å²) in [5, 5.41) is 0.993. The standard InChI is InChI=1S/C21H20Cl2N2O3/c1-3-20(26)24-8-10-25(11-9-24)21(27)16-12-15(18(23)13-19(16)28-2)14-6-4-5-7-17(14)22/h3-7,12-13H,1,8-11H2,2H3. The first kappa shape index (κ1) is 20.2. The van der Waals surface area contributed by atoms with Crippen LogP contribution in [-0.2, 0) is 4.79 Å². The minimum Gasteiger partial charge on any atom is -0.496 e. The van der Waals surface area contributed by atoms with Crippen LogP contribution < -0.4 is 4.74 Å². The zero-order valence-electron chi connectivity index (χ0n) is 15.5. The van der Waals surface area contributed by atoms with Crippen molar-refractivity contribution in [2.24, 2.45) is 0 Å². The Bertz CT molecular complexity index is 922. The van der Waals surface area contributed by atoms with Crippen LogP contribution in [0.5, 0.6) is 5.75 Å². The number of halogens is 2. The maximum atomic E-state index is 13.2. The van der Waals surface area contributed by atoms with E-state index >= 15 is 0 Å². The highest BCUT2D eigenvalue weighted by Crippen LogP contribution is 2.37. The van der Waals surface area contributed by atoms with E-state index in [2.05, 4.69) is 6.58 Å². The van der Waals surface area contributed by atoms with Gasteiger partial charge in [-0.05, 0) is 18.2 Å². The van der Waals surface area contributed by atoms with Crippen molar-refractivity contribution in [3.05, 3.63) is 64.7 Å². The number of hydrogen-bond acceptors (Lipinski definition) is 3. The molecule has 2 aromatic rings. The first-order valence-electron chi connectivity index (χ1n) is 8.79. The molecule has 1 aliphatic rings. The quantitative estimate of drug-likeness (QED) is 0.700. The monoisotopic (exact) mass is 418 g/mol. The van der Waals surface area contributed by atoms with Gasteiger partial charge in [0.1, 0.15) is 5.75 Å². The Morgan fingerprint density at radius 1 is 1.00 bits per heavy atom. The Hall–Kier alpha value is -2.50. The molecule has 1 heterocycles. The number of methoxy groups -OCH3 is 1. The minimum atomic E-state index is -0.174. The minimum absolute atomic E-state index is 0.128. The average molecular weight is 419 g/mol. The van der Waals surface area contributed by atoms with Gasteiger partial charge in [-0.15, -0.1) is 0 Å². The number of nitrogens with zero attached hydrogens (tertiary/aromatic N) is 2. The van der Waals surface area contributed by atoms with Crippen molar-refractivity contribution in [3.63, 3.8) is 0 Å². The fraction of sp³-hybridized carbons (Fsp3) is 0.238. The number of carbonyl (C=O) groups is 2. The van der Waals surface area contributed by atoms with Gasteiger partial charge in [0.2, 0.25) is 5.91 Å². The molecule has 28 heavy (non-hydrogen) atoms. The van der Waals surface area contributed by atoms with Crippen molar-refractivity contribution in [1.29, 1.82) is 0 Å². The van der Waals surface area contributed by atoms with Crippen LogP contribution >= 0.6 is 23.2 Å². The van der Waals surface area contributed by atoms with Crippen molar-refractivity contribution in [1.82, 2.24) is 9.80 Å². The summed E-state index contributed by atoms with van der Waals surface area (Å²) in [5.41, 5.74) is 1.81. The third-order valence-electron chi connectivity index (χ3n) is 4.74. The van der Waals surface area contributed by atoms with Crippen LogP contribution in [0, 0.1) is 0 Å². The van der Waals surface area contributed by atoms with Gasteiger partial charge in [0, 0.05) is 48.4 Å². The predicted molar refractivity (Wildman–Crippen MR) is 111 cm³/mol. The molecule has 1 saturated heterocycles. The summed E-state index contributed by atoms with van der Waals surface area (Å²) in [6.07, 6.45) is 1.29. The molecule has 0 saturated carbocycles. The Morgan fingerprint density at radius 2 is 1.64 bits per heavy atom. The van der Waals surface area contributed by atoms with Crippen LogP contribution in [0.1, 0.15) is 10.4 Å². The molecule has 0 aromatic heterocycles. The molecule has 1 aliphatic heterocycles. The zero-order chi connectivity index (χ0) is 20.3. The van der Waals surface area contributed by atoms with Gasteiger partial charge >= 0.3 is 0 Å². The van der Waals surface area contributed by atoms with E-state index in [9.17, 15) is 9.59 Å². The second-order valence-electron chi connectivity index (χ2n) is 6.33. The van der Waals surface area contributed by atoms with Crippen molar-refractivity contribution >= 4 is 35.0 Å². The van der Waals surface area contributed by atoms with Gasteiger partial charge < -0.3 is 14.5 Å². The Balaban J connectivity index is 1.92. The van der Waals surface area contributed by atoms with Crippen LogP contribution in [-0.4, -0.2) is 54.9 Å². The fourth-order valence-corrected chi connectivity index (χ4v) is 3.70. The van der Waals surface area contributed by atoms with Crippen molar-refractivity contribution < 1.29 is 14.3 Å². The van der Waals surface area contributed by atoms with Crippen molar-refractivity contribution in [2.75, 3.05) is 33.3 Å². The molecule has 7 heteroatoms. The van der Waals surface area contributed by atoms with E-state index in [1.165, 1.54) is 13.2 Å². The molecule has 0 atom stereocenters. The van der Waals surface area contributed by atoms with Gasteiger partial charge in [0.25, 0.3) is 5.91 Å². The summed E-state index contributed by atoms with van der Waals surface area (Å²) in [5.74, 6) is 0.0973. The molecule has 0 radical (unpaired) electrons. The Kier molecular flexibility index (Phi) is 6.27. The molecule has 0 N–H and O–H groups in total. The molecule has 0 spiro atoms. The van der Waals surface area contributed by atoms with E-state index in [1.54, 1.807) is 28.0 Å². The van der Waals surface area contributed by atoms with Crippen LogP contribution in [0.25, 0.3) is 11.1 Å². The lowest BCUT2D eigenvalue weighted by Gasteiger charge is -2.34. The van der Waals surface area contributed by atoms with Gasteiger partial charge in [-0.1, -0.05) is 48.0 Å². The number of amides is 2. The highest BCUT2D eigenvalue weighted by molar-refractivity contribution is 6.36. The molecule has 2 aromatic carbocycles. The fourth-order valence-electron chi connectivity index (χ4n) is 3.21.